The fourth-order valence-electron chi connectivity index (χ4n) is 2.66. The second-order valence-corrected chi connectivity index (χ2v) is 6.13. The molecule has 0 fully saturated rings. The molecule has 0 bridgehead atoms. The van der Waals surface area contributed by atoms with Crippen LogP contribution in [0.1, 0.15) is 18.5 Å². The Labute approximate surface area is 155 Å². The average Bonchev–Trinajstić information content (AvgIpc) is 2.70. The van der Waals surface area contributed by atoms with Crippen LogP contribution in [0.2, 0.25) is 0 Å². The van der Waals surface area contributed by atoms with E-state index in [4.69, 9.17) is 5.73 Å². The zero-order valence-corrected chi connectivity index (χ0v) is 14.9. The van der Waals surface area contributed by atoms with Crippen LogP contribution in [0.3, 0.4) is 0 Å². The number of amides is 2. The van der Waals surface area contributed by atoms with Crippen LogP contribution in [-0.4, -0.2) is 18.1 Å². The molecule has 8 heteroatoms. The summed E-state index contributed by atoms with van der Waals surface area (Å²) < 4.78 is 0. The lowest BCUT2D eigenvalue weighted by atomic mass is 10.1. The normalized spacial score (nSPS) is 11.8. The molecule has 1 heterocycles. The number of rotatable bonds is 6. The highest BCUT2D eigenvalue weighted by molar-refractivity contribution is 5.90. The summed E-state index contributed by atoms with van der Waals surface area (Å²) in [5.74, 6) is 0. The molecule has 3 aromatic rings. The van der Waals surface area contributed by atoms with E-state index < -0.39 is 16.9 Å². The Hall–Kier alpha value is -3.68. The average molecular weight is 365 g/mol. The van der Waals surface area contributed by atoms with Gasteiger partial charge in [0.05, 0.1) is 0 Å². The molecule has 3 rings (SSSR count). The van der Waals surface area contributed by atoms with E-state index in [1.807, 2.05) is 13.0 Å². The Morgan fingerprint density at radius 1 is 1.11 bits per heavy atom. The van der Waals surface area contributed by atoms with Gasteiger partial charge in [0.2, 0.25) is 0 Å². The first-order valence-corrected chi connectivity index (χ1v) is 8.28. The van der Waals surface area contributed by atoms with Gasteiger partial charge >= 0.3 is 6.03 Å². The number of hydrogen-bond donors (Lipinski definition) is 3. The van der Waals surface area contributed by atoms with Gasteiger partial charge in [-0.25, -0.2) is 4.79 Å². The third kappa shape index (κ3) is 3.64. The van der Waals surface area contributed by atoms with E-state index >= 15 is 0 Å². The number of pyridine rings is 1. The van der Waals surface area contributed by atoms with Crippen molar-refractivity contribution in [3.8, 4) is 0 Å². The number of nitrogens with one attached hydrogen (secondary N) is 2. The van der Waals surface area contributed by atoms with Gasteiger partial charge in [0.25, 0.3) is 10.9 Å². The maximum absolute atomic E-state index is 12.0. The highest BCUT2D eigenvalue weighted by Gasteiger charge is 2.23. The van der Waals surface area contributed by atoms with Crippen LogP contribution in [0.15, 0.2) is 58.4 Å². The van der Waals surface area contributed by atoms with Gasteiger partial charge in [-0.3, -0.25) is 19.5 Å². The number of nitrogens with two attached hydrogens (primary N) is 1. The van der Waals surface area contributed by atoms with Gasteiger partial charge in [-0.2, -0.15) is 0 Å². The lowest BCUT2D eigenvalue weighted by molar-refractivity contribution is 0.255. The van der Waals surface area contributed by atoms with E-state index in [1.165, 1.54) is 4.90 Å². The quantitative estimate of drug-likeness (QED) is 0.576. The standard InChI is InChI=1S/C19H19N5O3/c1-11(12-4-3-5-14(10-12)24(2)19(20)27)22-15-16(18(26)17(15)25)23-13-6-8-21-9-7-13/h3-11,22H,1-2H3,(H2,20,27)(H,21,23). The van der Waals surface area contributed by atoms with E-state index in [2.05, 4.69) is 15.6 Å². The van der Waals surface area contributed by atoms with Crippen molar-refractivity contribution >= 4 is 28.8 Å². The Balaban J connectivity index is 1.81. The van der Waals surface area contributed by atoms with E-state index in [-0.39, 0.29) is 17.4 Å². The highest BCUT2D eigenvalue weighted by atomic mass is 16.2. The van der Waals surface area contributed by atoms with Crippen LogP contribution in [0.5, 0.6) is 0 Å². The smallest absolute Gasteiger partial charge is 0.318 e. The maximum atomic E-state index is 12.0. The molecule has 1 aromatic heterocycles. The Kier molecular flexibility index (Phi) is 4.89. The third-order valence-electron chi connectivity index (χ3n) is 4.31. The van der Waals surface area contributed by atoms with Gasteiger partial charge in [0.15, 0.2) is 0 Å². The predicted octanol–water partition coefficient (Wildman–Crippen LogP) is 2.11. The Bertz CT molecular complexity index is 1040. The second kappa shape index (κ2) is 7.28. The van der Waals surface area contributed by atoms with Crippen molar-refractivity contribution in [3.63, 3.8) is 0 Å². The zero-order valence-electron chi connectivity index (χ0n) is 14.9. The van der Waals surface area contributed by atoms with Gasteiger partial charge in [-0.15, -0.1) is 0 Å². The van der Waals surface area contributed by atoms with Crippen molar-refractivity contribution in [1.29, 1.82) is 0 Å². The van der Waals surface area contributed by atoms with Crippen LogP contribution in [0.25, 0.3) is 0 Å². The minimum absolute atomic E-state index is 0.225. The molecule has 1 unspecified atom stereocenters. The largest absolute Gasteiger partial charge is 0.373 e. The minimum atomic E-state index is -0.570. The van der Waals surface area contributed by atoms with Crippen molar-refractivity contribution in [1.82, 2.24) is 4.98 Å². The first-order chi connectivity index (χ1) is 12.9. The molecule has 138 valence electrons. The lowest BCUT2D eigenvalue weighted by Gasteiger charge is -2.21. The number of aromatic nitrogens is 1. The van der Waals surface area contributed by atoms with Crippen LogP contribution in [0, 0.1) is 0 Å². The molecule has 0 aliphatic rings. The molecule has 8 nitrogen and oxygen atoms in total. The van der Waals surface area contributed by atoms with Gasteiger partial charge in [0.1, 0.15) is 11.4 Å². The third-order valence-corrected chi connectivity index (χ3v) is 4.31. The molecular formula is C19H19N5O3. The summed E-state index contributed by atoms with van der Waals surface area (Å²) in [4.78, 5) is 40.5. The number of carbonyl (C=O) groups excluding carboxylic acids is 1. The number of benzene rings is 1. The van der Waals surface area contributed by atoms with Gasteiger partial charge in [-0.1, -0.05) is 12.1 Å². The molecule has 0 aliphatic carbocycles. The first-order valence-electron chi connectivity index (χ1n) is 8.28. The predicted molar refractivity (Wildman–Crippen MR) is 105 cm³/mol. The number of primary amides is 1. The summed E-state index contributed by atoms with van der Waals surface area (Å²) in [6, 6.07) is 9.77. The van der Waals surface area contributed by atoms with E-state index in [0.717, 1.165) is 5.56 Å². The molecule has 4 N–H and O–H groups in total. The first kappa shape index (κ1) is 18.1. The topological polar surface area (TPSA) is 117 Å². The molecule has 0 aliphatic heterocycles. The Morgan fingerprint density at radius 2 is 1.78 bits per heavy atom. The fraction of sp³-hybridized carbons (Fsp3) is 0.158. The molecule has 0 saturated carbocycles. The van der Waals surface area contributed by atoms with Crippen molar-refractivity contribution in [2.75, 3.05) is 22.6 Å². The number of anilines is 4. The molecule has 0 spiro atoms. The Morgan fingerprint density at radius 3 is 2.44 bits per heavy atom. The summed E-state index contributed by atoms with van der Waals surface area (Å²) in [6.07, 6.45) is 3.18. The van der Waals surface area contributed by atoms with Crippen LogP contribution in [-0.2, 0) is 0 Å². The van der Waals surface area contributed by atoms with Crippen molar-refractivity contribution in [2.45, 2.75) is 13.0 Å². The number of hydrogen-bond acceptors (Lipinski definition) is 6. The van der Waals surface area contributed by atoms with Crippen LogP contribution in [0.4, 0.5) is 27.5 Å². The fourth-order valence-corrected chi connectivity index (χ4v) is 2.66. The maximum Gasteiger partial charge on any atom is 0.318 e. The molecule has 2 amide bonds. The minimum Gasteiger partial charge on any atom is -0.373 e. The van der Waals surface area contributed by atoms with Crippen LogP contribution >= 0.6 is 0 Å². The number of carbonyl (C=O) groups is 1. The summed E-state index contributed by atoms with van der Waals surface area (Å²) in [6.45, 7) is 1.86. The second-order valence-electron chi connectivity index (χ2n) is 6.13. The molecule has 27 heavy (non-hydrogen) atoms. The summed E-state index contributed by atoms with van der Waals surface area (Å²) in [5, 5.41) is 6.02. The SMILES string of the molecule is CC(Nc1c(Nc2ccncc2)c(=O)c1=O)c1cccc(N(C)C(N)=O)c1. The summed E-state index contributed by atoms with van der Waals surface area (Å²) >= 11 is 0. The lowest BCUT2D eigenvalue weighted by Crippen LogP contribution is -2.37. The summed E-state index contributed by atoms with van der Waals surface area (Å²) in [5.41, 5.74) is 6.76. The summed E-state index contributed by atoms with van der Waals surface area (Å²) in [7, 11) is 1.58. The van der Waals surface area contributed by atoms with Gasteiger partial charge in [0, 0.05) is 36.9 Å². The monoisotopic (exact) mass is 365 g/mol. The number of urea groups is 1. The molecule has 0 saturated heterocycles. The van der Waals surface area contributed by atoms with E-state index in [0.29, 0.717) is 11.4 Å². The van der Waals surface area contributed by atoms with Crippen molar-refractivity contribution in [2.24, 2.45) is 5.73 Å². The molecule has 2 aromatic carbocycles. The molecule has 0 radical (unpaired) electrons. The number of nitrogens with zero attached hydrogens (tertiary/aromatic N) is 2. The van der Waals surface area contributed by atoms with Gasteiger partial charge < -0.3 is 16.4 Å². The van der Waals surface area contributed by atoms with E-state index in [9.17, 15) is 14.4 Å². The van der Waals surface area contributed by atoms with Crippen molar-refractivity contribution < 1.29 is 4.79 Å². The highest BCUT2D eigenvalue weighted by Crippen LogP contribution is 2.26. The zero-order chi connectivity index (χ0) is 19.6. The van der Waals surface area contributed by atoms with Gasteiger partial charge in [-0.05, 0) is 36.8 Å². The molecule has 1 atom stereocenters. The van der Waals surface area contributed by atoms with E-state index in [1.54, 1.807) is 49.8 Å². The molecular weight excluding hydrogens is 346 g/mol. The van der Waals surface area contributed by atoms with Crippen molar-refractivity contribution in [3.05, 3.63) is 74.8 Å². The van der Waals surface area contributed by atoms with Crippen LogP contribution < -0.4 is 32.1 Å².